The van der Waals surface area contributed by atoms with Gasteiger partial charge >= 0.3 is 5.63 Å². The molecule has 0 aliphatic heterocycles. The first-order chi connectivity index (χ1) is 12.6. The summed E-state index contributed by atoms with van der Waals surface area (Å²) in [5, 5.41) is 4.09. The number of hydrogen-bond acceptors (Lipinski definition) is 5. The molecule has 0 bridgehead atoms. The van der Waals surface area contributed by atoms with Gasteiger partial charge in [-0.2, -0.15) is 0 Å². The monoisotopic (exact) mass is 365 g/mol. The van der Waals surface area contributed by atoms with Crippen molar-refractivity contribution in [3.05, 3.63) is 69.4 Å². The van der Waals surface area contributed by atoms with E-state index in [-0.39, 0.29) is 5.91 Å². The molecule has 1 N–H and O–H groups in total. The number of fused-ring (bicyclic) bond motifs is 3. The van der Waals surface area contributed by atoms with Crippen LogP contribution < -0.4 is 15.7 Å². The highest BCUT2D eigenvalue weighted by molar-refractivity contribution is 7.21. The lowest BCUT2D eigenvalue weighted by Gasteiger charge is -2.10. The van der Waals surface area contributed by atoms with Crippen LogP contribution >= 0.6 is 11.3 Å². The Morgan fingerprint density at radius 3 is 2.73 bits per heavy atom. The first-order valence-corrected chi connectivity index (χ1v) is 8.80. The molecule has 0 spiro atoms. The zero-order chi connectivity index (χ0) is 18.3. The average molecular weight is 365 g/mol. The van der Waals surface area contributed by atoms with Gasteiger partial charge in [0.2, 0.25) is 0 Å². The number of benzene rings is 2. The van der Waals surface area contributed by atoms with Gasteiger partial charge in [0.15, 0.2) is 0 Å². The predicted octanol–water partition coefficient (Wildman–Crippen LogP) is 4.58. The van der Waals surface area contributed by atoms with Crippen molar-refractivity contribution in [1.29, 1.82) is 0 Å². The maximum atomic E-state index is 12.7. The molecular formula is C20H15NO4S. The van der Waals surface area contributed by atoms with Gasteiger partial charge in [-0.25, -0.2) is 4.79 Å². The number of thiophene rings is 1. The Hall–Kier alpha value is -3.12. The standard InChI is InChI=1S/C20H15NO4S/c1-11-7-8-16(24-2)14(9-11)21-19(22)17-10-13-18(26-17)12-5-3-4-6-15(12)25-20(13)23/h3-10H,1-2H3,(H,21,22). The molecule has 4 aromatic rings. The fraction of sp³-hybridized carbons (Fsp3) is 0.100. The number of methoxy groups -OCH3 is 1. The van der Waals surface area contributed by atoms with E-state index in [4.69, 9.17) is 9.15 Å². The number of nitrogens with one attached hydrogen (secondary N) is 1. The second-order valence-electron chi connectivity index (χ2n) is 5.90. The molecule has 0 saturated heterocycles. The van der Waals surface area contributed by atoms with E-state index in [0.717, 1.165) is 15.6 Å². The molecule has 0 radical (unpaired) electrons. The number of ether oxygens (including phenoxy) is 1. The third kappa shape index (κ3) is 2.74. The Labute approximate surface area is 152 Å². The molecule has 4 rings (SSSR count). The number of amides is 1. The molecule has 2 aromatic heterocycles. The first-order valence-electron chi connectivity index (χ1n) is 7.98. The molecule has 2 aromatic carbocycles. The van der Waals surface area contributed by atoms with E-state index >= 15 is 0 Å². The van der Waals surface area contributed by atoms with Crippen LogP contribution in [0.4, 0.5) is 5.69 Å². The smallest absolute Gasteiger partial charge is 0.345 e. The predicted molar refractivity (Wildman–Crippen MR) is 104 cm³/mol. The SMILES string of the molecule is COc1ccc(C)cc1NC(=O)c1cc2c(=O)oc3ccccc3c2s1. The summed E-state index contributed by atoms with van der Waals surface area (Å²) in [5.74, 6) is 0.286. The fourth-order valence-corrected chi connectivity index (χ4v) is 3.93. The maximum absolute atomic E-state index is 12.7. The van der Waals surface area contributed by atoms with Crippen molar-refractivity contribution >= 4 is 44.0 Å². The van der Waals surface area contributed by atoms with Gasteiger partial charge in [0.05, 0.1) is 27.8 Å². The van der Waals surface area contributed by atoms with E-state index in [1.165, 1.54) is 11.3 Å². The number of anilines is 1. The van der Waals surface area contributed by atoms with Gasteiger partial charge in [-0.1, -0.05) is 18.2 Å². The summed E-state index contributed by atoms with van der Waals surface area (Å²) in [6.45, 7) is 1.94. The lowest BCUT2D eigenvalue weighted by molar-refractivity contribution is 0.103. The van der Waals surface area contributed by atoms with Gasteiger partial charge in [-0.05, 0) is 42.8 Å². The van der Waals surface area contributed by atoms with Crippen LogP contribution in [-0.4, -0.2) is 13.0 Å². The molecule has 130 valence electrons. The van der Waals surface area contributed by atoms with E-state index in [2.05, 4.69) is 5.32 Å². The molecule has 1 amide bonds. The Bertz CT molecular complexity index is 1210. The van der Waals surface area contributed by atoms with Crippen molar-refractivity contribution in [1.82, 2.24) is 0 Å². The summed E-state index contributed by atoms with van der Waals surface area (Å²) >= 11 is 1.27. The number of carbonyl (C=O) groups is 1. The van der Waals surface area contributed by atoms with Crippen molar-refractivity contribution in [3.63, 3.8) is 0 Å². The molecule has 5 nitrogen and oxygen atoms in total. The van der Waals surface area contributed by atoms with Crippen LogP contribution in [0.1, 0.15) is 15.2 Å². The molecule has 0 saturated carbocycles. The van der Waals surface area contributed by atoms with E-state index in [1.807, 2.05) is 37.3 Å². The van der Waals surface area contributed by atoms with Crippen LogP contribution in [0.25, 0.3) is 21.1 Å². The van der Waals surface area contributed by atoms with E-state index in [0.29, 0.717) is 27.3 Å². The number of aryl methyl sites for hydroxylation is 1. The quantitative estimate of drug-likeness (QED) is 0.540. The minimum absolute atomic E-state index is 0.293. The summed E-state index contributed by atoms with van der Waals surface area (Å²) < 4.78 is 11.4. The number of para-hydroxylation sites is 1. The van der Waals surface area contributed by atoms with Crippen molar-refractivity contribution in [3.8, 4) is 5.75 Å². The third-order valence-corrected chi connectivity index (χ3v) is 5.28. The third-order valence-electron chi connectivity index (χ3n) is 4.11. The zero-order valence-corrected chi connectivity index (χ0v) is 15.0. The molecule has 0 aliphatic rings. The highest BCUT2D eigenvalue weighted by Gasteiger charge is 2.17. The summed E-state index contributed by atoms with van der Waals surface area (Å²) in [7, 11) is 1.55. The van der Waals surface area contributed by atoms with E-state index in [9.17, 15) is 9.59 Å². The molecule has 26 heavy (non-hydrogen) atoms. The summed E-state index contributed by atoms with van der Waals surface area (Å²) in [5.41, 5.74) is 1.66. The Kier molecular flexibility index (Phi) is 3.97. The van der Waals surface area contributed by atoms with Crippen LogP contribution in [0.2, 0.25) is 0 Å². The van der Waals surface area contributed by atoms with Gasteiger partial charge in [0.1, 0.15) is 11.3 Å². The molecular weight excluding hydrogens is 350 g/mol. The fourth-order valence-electron chi connectivity index (χ4n) is 2.86. The summed E-state index contributed by atoms with van der Waals surface area (Å²) in [6.07, 6.45) is 0. The lowest BCUT2D eigenvalue weighted by Crippen LogP contribution is -2.11. The first kappa shape index (κ1) is 16.4. The second-order valence-corrected chi connectivity index (χ2v) is 6.95. The van der Waals surface area contributed by atoms with Gasteiger partial charge in [-0.3, -0.25) is 4.79 Å². The minimum atomic E-state index is -0.442. The van der Waals surface area contributed by atoms with Crippen LogP contribution in [0.3, 0.4) is 0 Å². The van der Waals surface area contributed by atoms with Gasteiger partial charge < -0.3 is 14.5 Å². The Morgan fingerprint density at radius 2 is 1.92 bits per heavy atom. The highest BCUT2D eigenvalue weighted by Crippen LogP contribution is 2.32. The van der Waals surface area contributed by atoms with Gasteiger partial charge in [-0.15, -0.1) is 11.3 Å². The largest absolute Gasteiger partial charge is 0.495 e. The minimum Gasteiger partial charge on any atom is -0.495 e. The van der Waals surface area contributed by atoms with Crippen molar-refractivity contribution in [2.24, 2.45) is 0 Å². The summed E-state index contributed by atoms with van der Waals surface area (Å²) in [4.78, 5) is 25.4. The molecule has 0 unspecified atom stereocenters. The second kappa shape index (κ2) is 6.31. The molecule has 0 atom stereocenters. The van der Waals surface area contributed by atoms with E-state index in [1.54, 1.807) is 25.3 Å². The van der Waals surface area contributed by atoms with Crippen molar-refractivity contribution in [2.45, 2.75) is 6.92 Å². The van der Waals surface area contributed by atoms with Crippen LogP contribution in [0.5, 0.6) is 5.75 Å². The molecule has 0 fully saturated rings. The topological polar surface area (TPSA) is 68.5 Å². The van der Waals surface area contributed by atoms with Gasteiger partial charge in [0, 0.05) is 5.39 Å². The zero-order valence-electron chi connectivity index (χ0n) is 14.2. The molecule has 6 heteroatoms. The Morgan fingerprint density at radius 1 is 1.12 bits per heavy atom. The average Bonchev–Trinajstić information content (AvgIpc) is 3.08. The van der Waals surface area contributed by atoms with Crippen molar-refractivity contribution in [2.75, 3.05) is 12.4 Å². The van der Waals surface area contributed by atoms with Gasteiger partial charge in [0.25, 0.3) is 5.91 Å². The number of rotatable bonds is 3. The summed E-state index contributed by atoms with van der Waals surface area (Å²) in [6, 6.07) is 14.4. The Balaban J connectivity index is 1.79. The molecule has 2 heterocycles. The highest BCUT2D eigenvalue weighted by atomic mass is 32.1. The van der Waals surface area contributed by atoms with Crippen molar-refractivity contribution < 1.29 is 13.9 Å². The lowest BCUT2D eigenvalue weighted by atomic mass is 10.2. The number of carbonyl (C=O) groups excluding carboxylic acids is 1. The van der Waals surface area contributed by atoms with Crippen LogP contribution in [-0.2, 0) is 0 Å². The van der Waals surface area contributed by atoms with Crippen LogP contribution in [0, 0.1) is 6.92 Å². The normalized spacial score (nSPS) is 11.0. The number of hydrogen-bond donors (Lipinski definition) is 1. The van der Waals surface area contributed by atoms with Crippen LogP contribution in [0.15, 0.2) is 57.7 Å². The maximum Gasteiger partial charge on any atom is 0.345 e. The van der Waals surface area contributed by atoms with E-state index < -0.39 is 5.63 Å². The molecule has 0 aliphatic carbocycles.